The molecule has 0 unspecified atom stereocenters. The summed E-state index contributed by atoms with van der Waals surface area (Å²) < 4.78 is 5.56. The van der Waals surface area contributed by atoms with E-state index in [4.69, 9.17) is 4.74 Å². The zero-order chi connectivity index (χ0) is 16.9. The van der Waals surface area contributed by atoms with Crippen LogP contribution in [0.1, 0.15) is 45.1 Å². The molecule has 2 N–H and O–H groups in total. The molecule has 1 rings (SSSR count). The van der Waals surface area contributed by atoms with Crippen LogP contribution in [0.5, 0.6) is 5.75 Å². The highest BCUT2D eigenvalue weighted by Gasteiger charge is 2.10. The van der Waals surface area contributed by atoms with Gasteiger partial charge >= 0.3 is 11.8 Å². The van der Waals surface area contributed by atoms with Crippen molar-refractivity contribution in [2.24, 2.45) is 5.10 Å². The normalized spacial score (nSPS) is 10.5. The molecule has 126 valence electrons. The second kappa shape index (κ2) is 11.2. The lowest BCUT2D eigenvalue weighted by molar-refractivity contribution is -0.139. The van der Waals surface area contributed by atoms with Crippen LogP contribution in [0, 0.1) is 0 Å². The molecular weight excluding hydrogens is 294 g/mol. The van der Waals surface area contributed by atoms with E-state index in [0.717, 1.165) is 37.0 Å². The van der Waals surface area contributed by atoms with Crippen LogP contribution < -0.4 is 15.5 Å². The van der Waals surface area contributed by atoms with Gasteiger partial charge in [0.05, 0.1) is 12.8 Å². The highest BCUT2D eigenvalue weighted by molar-refractivity contribution is 6.35. The van der Waals surface area contributed by atoms with Gasteiger partial charge in [0.15, 0.2) is 0 Å². The third-order valence-corrected chi connectivity index (χ3v) is 3.05. The molecule has 0 aliphatic carbocycles. The number of carbonyl (C=O) groups excluding carboxylic acids is 2. The number of carbonyl (C=O) groups is 2. The number of amides is 2. The first kappa shape index (κ1) is 18.7. The fraction of sp³-hybridized carbons (Fsp3) is 0.471. The second-order valence-electron chi connectivity index (χ2n) is 5.08. The van der Waals surface area contributed by atoms with Crippen molar-refractivity contribution in [3.8, 4) is 5.75 Å². The summed E-state index contributed by atoms with van der Waals surface area (Å²) in [6, 6.07) is 7.35. The van der Waals surface area contributed by atoms with Crippen LogP contribution >= 0.6 is 0 Å². The molecular formula is C17H25N3O3. The van der Waals surface area contributed by atoms with E-state index >= 15 is 0 Å². The third-order valence-electron chi connectivity index (χ3n) is 3.05. The first-order valence-electron chi connectivity index (χ1n) is 8.01. The number of hydrogen-bond donors (Lipinski definition) is 2. The van der Waals surface area contributed by atoms with E-state index in [1.807, 2.05) is 31.2 Å². The SMILES string of the molecule is CCCCNC(=O)C(=O)N/N=C/c1ccc(OCCCC)cc1. The molecule has 0 aromatic heterocycles. The summed E-state index contributed by atoms with van der Waals surface area (Å²) in [6.07, 6.45) is 5.40. The van der Waals surface area contributed by atoms with Gasteiger partial charge in [0.1, 0.15) is 5.75 Å². The molecule has 0 bridgehead atoms. The van der Waals surface area contributed by atoms with Gasteiger partial charge in [-0.2, -0.15) is 5.10 Å². The Labute approximate surface area is 137 Å². The molecule has 1 aromatic rings. The van der Waals surface area contributed by atoms with E-state index in [-0.39, 0.29) is 0 Å². The van der Waals surface area contributed by atoms with E-state index in [2.05, 4.69) is 22.8 Å². The standard InChI is InChI=1S/C17H25N3O3/c1-3-5-11-18-16(21)17(22)20-19-13-14-7-9-15(10-8-14)23-12-6-4-2/h7-10,13H,3-6,11-12H2,1-2H3,(H,18,21)(H,20,22)/b19-13+. The molecule has 0 atom stereocenters. The lowest BCUT2D eigenvalue weighted by Gasteiger charge is -2.05. The van der Waals surface area contributed by atoms with E-state index in [0.29, 0.717) is 13.2 Å². The number of hydrogen-bond acceptors (Lipinski definition) is 4. The molecule has 23 heavy (non-hydrogen) atoms. The predicted molar refractivity (Wildman–Crippen MR) is 90.5 cm³/mol. The minimum absolute atomic E-state index is 0.492. The molecule has 6 nitrogen and oxygen atoms in total. The van der Waals surface area contributed by atoms with Gasteiger partial charge in [-0.1, -0.05) is 26.7 Å². The summed E-state index contributed by atoms with van der Waals surface area (Å²) >= 11 is 0. The van der Waals surface area contributed by atoms with Crippen molar-refractivity contribution in [3.63, 3.8) is 0 Å². The molecule has 0 saturated heterocycles. The van der Waals surface area contributed by atoms with Gasteiger partial charge in [-0.05, 0) is 42.7 Å². The van der Waals surface area contributed by atoms with Crippen molar-refractivity contribution in [2.45, 2.75) is 39.5 Å². The topological polar surface area (TPSA) is 79.8 Å². The Morgan fingerprint density at radius 3 is 2.43 bits per heavy atom. The van der Waals surface area contributed by atoms with Gasteiger partial charge in [-0.25, -0.2) is 5.43 Å². The van der Waals surface area contributed by atoms with E-state index in [9.17, 15) is 9.59 Å². The van der Waals surface area contributed by atoms with Gasteiger partial charge in [0.25, 0.3) is 0 Å². The molecule has 0 aliphatic rings. The highest BCUT2D eigenvalue weighted by Crippen LogP contribution is 2.11. The first-order chi connectivity index (χ1) is 11.2. The van der Waals surface area contributed by atoms with Gasteiger partial charge in [0, 0.05) is 6.54 Å². The Hall–Kier alpha value is -2.37. The molecule has 0 saturated carbocycles. The zero-order valence-corrected chi connectivity index (χ0v) is 13.8. The van der Waals surface area contributed by atoms with Crippen LogP contribution in [-0.2, 0) is 9.59 Å². The Kier molecular flexibility index (Phi) is 9.12. The van der Waals surface area contributed by atoms with Crippen LogP contribution in [0.4, 0.5) is 0 Å². The first-order valence-corrected chi connectivity index (χ1v) is 8.01. The number of rotatable bonds is 9. The quantitative estimate of drug-likeness (QED) is 0.317. The van der Waals surface area contributed by atoms with Crippen molar-refractivity contribution in [1.82, 2.24) is 10.7 Å². The van der Waals surface area contributed by atoms with Crippen molar-refractivity contribution < 1.29 is 14.3 Å². The molecule has 1 aromatic carbocycles. The van der Waals surface area contributed by atoms with E-state index < -0.39 is 11.8 Å². The molecule has 0 spiro atoms. The van der Waals surface area contributed by atoms with Crippen molar-refractivity contribution in [1.29, 1.82) is 0 Å². The van der Waals surface area contributed by atoms with Crippen LogP contribution in [0.3, 0.4) is 0 Å². The predicted octanol–water partition coefficient (Wildman–Crippen LogP) is 2.23. The number of hydrazone groups is 1. The fourth-order valence-electron chi connectivity index (χ4n) is 1.66. The number of benzene rings is 1. The largest absolute Gasteiger partial charge is 0.494 e. The number of ether oxygens (including phenoxy) is 1. The Morgan fingerprint density at radius 1 is 1.09 bits per heavy atom. The van der Waals surface area contributed by atoms with E-state index in [1.54, 1.807) is 0 Å². The molecule has 0 radical (unpaired) electrons. The number of unbranched alkanes of at least 4 members (excludes halogenated alkanes) is 2. The summed E-state index contributed by atoms with van der Waals surface area (Å²) in [6.45, 7) is 5.32. The Bertz CT molecular complexity index is 512. The number of nitrogens with zero attached hydrogens (tertiary/aromatic N) is 1. The van der Waals surface area contributed by atoms with Gasteiger partial charge in [-0.15, -0.1) is 0 Å². The van der Waals surface area contributed by atoms with Crippen LogP contribution in [0.15, 0.2) is 29.4 Å². The molecule has 0 heterocycles. The maximum absolute atomic E-state index is 11.5. The van der Waals surface area contributed by atoms with Crippen molar-refractivity contribution >= 4 is 18.0 Å². The lowest BCUT2D eigenvalue weighted by atomic mass is 10.2. The zero-order valence-electron chi connectivity index (χ0n) is 13.8. The Morgan fingerprint density at radius 2 is 1.78 bits per heavy atom. The lowest BCUT2D eigenvalue weighted by Crippen LogP contribution is -2.38. The van der Waals surface area contributed by atoms with Gasteiger partial charge in [-0.3, -0.25) is 9.59 Å². The van der Waals surface area contributed by atoms with Gasteiger partial charge in [0.2, 0.25) is 0 Å². The summed E-state index contributed by atoms with van der Waals surface area (Å²) in [7, 11) is 0. The molecule has 2 amide bonds. The molecule has 6 heteroatoms. The monoisotopic (exact) mass is 319 g/mol. The Balaban J connectivity index is 2.36. The summed E-state index contributed by atoms with van der Waals surface area (Å²) in [5, 5.41) is 6.29. The summed E-state index contributed by atoms with van der Waals surface area (Å²) in [5.74, 6) is -0.637. The van der Waals surface area contributed by atoms with Crippen LogP contribution in [0.25, 0.3) is 0 Å². The molecule has 0 aliphatic heterocycles. The van der Waals surface area contributed by atoms with Crippen LogP contribution in [-0.4, -0.2) is 31.2 Å². The maximum atomic E-state index is 11.5. The summed E-state index contributed by atoms with van der Waals surface area (Å²) in [5.41, 5.74) is 3.01. The van der Waals surface area contributed by atoms with Crippen molar-refractivity contribution in [3.05, 3.63) is 29.8 Å². The average molecular weight is 319 g/mol. The fourth-order valence-corrected chi connectivity index (χ4v) is 1.66. The minimum atomic E-state index is -0.767. The summed E-state index contributed by atoms with van der Waals surface area (Å²) in [4.78, 5) is 22.9. The third kappa shape index (κ3) is 7.99. The average Bonchev–Trinajstić information content (AvgIpc) is 2.56. The van der Waals surface area contributed by atoms with E-state index in [1.165, 1.54) is 6.21 Å². The smallest absolute Gasteiger partial charge is 0.329 e. The van der Waals surface area contributed by atoms with Crippen LogP contribution in [0.2, 0.25) is 0 Å². The minimum Gasteiger partial charge on any atom is -0.494 e. The van der Waals surface area contributed by atoms with Gasteiger partial charge < -0.3 is 10.1 Å². The van der Waals surface area contributed by atoms with Crippen molar-refractivity contribution in [2.75, 3.05) is 13.2 Å². The maximum Gasteiger partial charge on any atom is 0.329 e. The second-order valence-corrected chi connectivity index (χ2v) is 5.08. The molecule has 0 fully saturated rings. The number of nitrogens with one attached hydrogen (secondary N) is 2. The highest BCUT2D eigenvalue weighted by atomic mass is 16.5.